The number of aromatic hydroxyl groups is 1. The van der Waals surface area contributed by atoms with Crippen LogP contribution in [0.4, 0.5) is 10.5 Å². The van der Waals surface area contributed by atoms with Crippen molar-refractivity contribution >= 4 is 35.5 Å². The van der Waals surface area contributed by atoms with Gasteiger partial charge < -0.3 is 25.6 Å². The Bertz CT molecular complexity index is 2630. The Morgan fingerprint density at radius 3 is 2.09 bits per heavy atom. The number of esters is 2. The van der Waals surface area contributed by atoms with Crippen LogP contribution in [0, 0.1) is 23.7 Å². The van der Waals surface area contributed by atoms with Gasteiger partial charge >= 0.3 is 18.0 Å². The summed E-state index contributed by atoms with van der Waals surface area (Å²) >= 11 is 0. The highest BCUT2D eigenvalue weighted by Crippen LogP contribution is 2.65. The summed E-state index contributed by atoms with van der Waals surface area (Å²) in [5, 5.41) is 13.3. The minimum atomic E-state index is -2.09. The largest absolute Gasteiger partial charge is 0.508 e. The van der Waals surface area contributed by atoms with Crippen LogP contribution >= 0.6 is 0 Å². The second-order valence-electron chi connectivity index (χ2n) is 16.8. The molecule has 0 saturated carbocycles. The highest BCUT2D eigenvalue weighted by Gasteiger charge is 2.75. The van der Waals surface area contributed by atoms with Gasteiger partial charge in [-0.1, -0.05) is 129 Å². The van der Waals surface area contributed by atoms with Crippen molar-refractivity contribution in [1.82, 2.24) is 15.1 Å². The van der Waals surface area contributed by atoms with Crippen molar-refractivity contribution in [2.75, 3.05) is 25.6 Å². The Labute approximate surface area is 371 Å². The molecule has 2 fully saturated rings. The van der Waals surface area contributed by atoms with Crippen molar-refractivity contribution in [3.05, 3.63) is 167 Å². The van der Waals surface area contributed by atoms with Gasteiger partial charge in [-0.25, -0.2) is 14.5 Å². The fraction of sp³-hybridized carbons (Fsp3) is 0.275. The van der Waals surface area contributed by atoms with Crippen molar-refractivity contribution in [1.29, 1.82) is 0 Å². The van der Waals surface area contributed by atoms with E-state index < -0.39 is 77.3 Å². The molecule has 3 aliphatic rings. The summed E-state index contributed by atoms with van der Waals surface area (Å²) in [6.07, 6.45) is -0.928. The predicted octanol–water partition coefficient (Wildman–Crippen LogP) is 5.93. The van der Waals surface area contributed by atoms with Gasteiger partial charge in [-0.3, -0.25) is 24.2 Å². The van der Waals surface area contributed by atoms with Crippen LogP contribution in [0.2, 0.25) is 0 Å². The number of primary amides is 1. The molecule has 0 radical (unpaired) electrons. The molecule has 2 saturated heterocycles. The molecule has 1 spiro atoms. The summed E-state index contributed by atoms with van der Waals surface area (Å²) in [5.74, 6) is 0.998. The van der Waals surface area contributed by atoms with E-state index in [-0.39, 0.29) is 17.0 Å². The topological polar surface area (TPSA) is 172 Å². The maximum absolute atomic E-state index is 16.1. The lowest BCUT2D eigenvalue weighted by molar-refractivity contribution is -0.178. The summed E-state index contributed by atoms with van der Waals surface area (Å²) in [4.78, 5) is 78.0. The van der Waals surface area contributed by atoms with Gasteiger partial charge in [0.05, 0.1) is 37.3 Å². The van der Waals surface area contributed by atoms with E-state index in [9.17, 15) is 24.3 Å². The third kappa shape index (κ3) is 7.65. The highest BCUT2D eigenvalue weighted by molar-refractivity contribution is 6.25. The summed E-state index contributed by atoms with van der Waals surface area (Å²) in [5.41, 5.74) is 8.14. The number of morpholine rings is 1. The number of phenols is 1. The second kappa shape index (κ2) is 17.8. The number of anilines is 1. The monoisotopic (exact) mass is 859 g/mol. The number of imide groups is 1. The molecule has 13 nitrogen and oxygen atoms in total. The van der Waals surface area contributed by atoms with E-state index in [0.29, 0.717) is 29.8 Å². The van der Waals surface area contributed by atoms with Crippen molar-refractivity contribution in [2.45, 2.75) is 56.1 Å². The van der Waals surface area contributed by atoms with Gasteiger partial charge in [0.1, 0.15) is 29.4 Å². The zero-order chi connectivity index (χ0) is 45.3. The fourth-order valence-corrected chi connectivity index (χ4v) is 9.72. The number of carbonyl (C=O) groups is 5. The number of methoxy groups -OCH3 is 1. The maximum Gasteiger partial charge on any atom is 0.329 e. The van der Waals surface area contributed by atoms with E-state index in [0.717, 1.165) is 16.0 Å². The standard InChI is InChI=1S/C51H49N5O8/c1-31(2)41(47(59)63-4)53-50(62)55-39-27-22-32(17-14-28-54(3)30-33-15-8-5-9-16-33)29-38(39)51(49(55)61)40(46(52)58)43-48(60)64-44(35-20-12-7-13-21-35)42(34-18-10-6-11-19-34)56(43)45(51)36-23-25-37(57)26-24-36/h5-13,15-16,18-27,29,31,40-45,57H,28,30H2,1-4H3,(H2,52,58)(H,53,62)/t40-,41+,42-,43-,44+,45+,51-/m1/s1. The lowest BCUT2D eigenvalue weighted by Gasteiger charge is -2.46. The maximum atomic E-state index is 16.1. The molecule has 8 rings (SSSR count). The first-order valence-corrected chi connectivity index (χ1v) is 21.1. The number of carbonyl (C=O) groups excluding carboxylic acids is 5. The van der Waals surface area contributed by atoms with Gasteiger partial charge in [-0.2, -0.15) is 0 Å². The molecule has 4 amide bonds. The molecule has 0 aromatic heterocycles. The molecular formula is C51H49N5O8. The number of hydrogen-bond donors (Lipinski definition) is 3. The number of amides is 4. The molecule has 0 bridgehead atoms. The van der Waals surface area contributed by atoms with Crippen LogP contribution in [-0.2, 0) is 40.6 Å². The summed E-state index contributed by atoms with van der Waals surface area (Å²) in [6, 6.07) is 34.1. The zero-order valence-electron chi connectivity index (χ0n) is 35.9. The summed E-state index contributed by atoms with van der Waals surface area (Å²) < 4.78 is 11.4. The minimum absolute atomic E-state index is 0.0601. The lowest BCUT2D eigenvalue weighted by Crippen LogP contribution is -2.57. The van der Waals surface area contributed by atoms with Gasteiger partial charge in [0.25, 0.3) is 0 Å². The molecule has 0 unspecified atom stereocenters. The van der Waals surface area contributed by atoms with Crippen LogP contribution in [0.1, 0.15) is 65.4 Å². The van der Waals surface area contributed by atoms with Gasteiger partial charge in [0, 0.05) is 12.1 Å². The predicted molar refractivity (Wildman–Crippen MR) is 238 cm³/mol. The van der Waals surface area contributed by atoms with Crippen molar-refractivity contribution in [2.24, 2.45) is 17.6 Å². The Balaban J connectivity index is 1.37. The van der Waals surface area contributed by atoms with Crippen LogP contribution < -0.4 is 16.0 Å². The molecule has 3 aliphatic heterocycles. The number of cyclic esters (lactones) is 1. The molecule has 326 valence electrons. The fourth-order valence-electron chi connectivity index (χ4n) is 9.72. The average Bonchev–Trinajstić information content (AvgIpc) is 3.75. The van der Waals surface area contributed by atoms with Gasteiger partial charge in [0.2, 0.25) is 11.8 Å². The Morgan fingerprint density at radius 2 is 1.48 bits per heavy atom. The van der Waals surface area contributed by atoms with E-state index in [1.165, 1.54) is 19.2 Å². The quantitative estimate of drug-likeness (QED) is 0.113. The first-order chi connectivity index (χ1) is 30.9. The highest BCUT2D eigenvalue weighted by atomic mass is 16.6. The van der Waals surface area contributed by atoms with Gasteiger partial charge in [-0.15, -0.1) is 0 Å². The molecule has 5 aromatic carbocycles. The van der Waals surface area contributed by atoms with E-state index in [2.05, 4.69) is 22.1 Å². The molecule has 5 aromatic rings. The third-order valence-electron chi connectivity index (χ3n) is 12.5. The number of nitrogens with one attached hydrogen (secondary N) is 1. The van der Waals surface area contributed by atoms with Crippen LogP contribution in [0.15, 0.2) is 133 Å². The normalized spacial score (nSPS) is 22.9. The zero-order valence-corrected chi connectivity index (χ0v) is 35.9. The number of nitrogens with two attached hydrogens (primary N) is 1. The molecular weight excluding hydrogens is 811 g/mol. The average molecular weight is 860 g/mol. The number of rotatable bonds is 10. The second-order valence-corrected chi connectivity index (χ2v) is 16.8. The number of fused-ring (bicyclic) bond motifs is 3. The SMILES string of the molecule is COC(=O)[C@@H](NC(=O)N1C(=O)[C@@]2(c3cc(C#CCN(C)Cc4ccccc4)ccc31)[C@H](c1ccc(O)cc1)N1[C@H](c3ccccc3)[C@H](c3ccccc3)OC(=O)[C@H]1[C@@H]2C(N)=O)C(C)C. The molecule has 13 heteroatoms. The number of phenolic OH excluding ortho intramolecular Hbond substituents is 1. The molecule has 3 heterocycles. The van der Waals surface area contributed by atoms with E-state index >= 15 is 4.79 Å². The number of nitrogens with zero attached hydrogens (tertiary/aromatic N) is 3. The van der Waals surface area contributed by atoms with Crippen molar-refractivity contribution < 1.29 is 38.6 Å². The summed E-state index contributed by atoms with van der Waals surface area (Å²) in [6.45, 7) is 4.49. The number of hydrogen-bond acceptors (Lipinski definition) is 10. The number of urea groups is 1. The lowest BCUT2D eigenvalue weighted by atomic mass is 9.65. The van der Waals surface area contributed by atoms with E-state index in [4.69, 9.17) is 15.2 Å². The van der Waals surface area contributed by atoms with E-state index in [1.54, 1.807) is 44.2 Å². The van der Waals surface area contributed by atoms with Crippen molar-refractivity contribution in [3.63, 3.8) is 0 Å². The van der Waals surface area contributed by atoms with Gasteiger partial charge in [0.15, 0.2) is 0 Å². The van der Waals surface area contributed by atoms with Crippen LogP contribution in [0.3, 0.4) is 0 Å². The van der Waals surface area contributed by atoms with Crippen LogP contribution in [0.25, 0.3) is 0 Å². The first kappa shape index (κ1) is 43.4. The van der Waals surface area contributed by atoms with E-state index in [1.807, 2.05) is 103 Å². The minimum Gasteiger partial charge on any atom is -0.508 e. The number of benzene rings is 5. The number of ether oxygens (including phenoxy) is 2. The molecule has 64 heavy (non-hydrogen) atoms. The molecule has 7 atom stereocenters. The molecule has 0 aliphatic carbocycles. The van der Waals surface area contributed by atoms with Crippen LogP contribution in [-0.4, -0.2) is 77.5 Å². The van der Waals surface area contributed by atoms with Gasteiger partial charge in [-0.05, 0) is 71.1 Å². The first-order valence-electron chi connectivity index (χ1n) is 21.1. The Hall–Kier alpha value is -7.27. The van der Waals surface area contributed by atoms with Crippen LogP contribution in [0.5, 0.6) is 5.75 Å². The molecule has 4 N–H and O–H groups in total. The Morgan fingerprint density at radius 1 is 0.859 bits per heavy atom. The smallest absolute Gasteiger partial charge is 0.329 e. The third-order valence-corrected chi connectivity index (χ3v) is 12.5. The Kier molecular flexibility index (Phi) is 12.1. The summed E-state index contributed by atoms with van der Waals surface area (Å²) in [7, 11) is 3.16. The van der Waals surface area contributed by atoms with Crippen molar-refractivity contribution in [3.8, 4) is 17.6 Å².